The van der Waals surface area contributed by atoms with Crippen LogP contribution in [0.4, 0.5) is 0 Å². The summed E-state index contributed by atoms with van der Waals surface area (Å²) in [6.07, 6.45) is 2.91. The van der Waals surface area contributed by atoms with Crippen LogP contribution in [0.15, 0.2) is 48.5 Å². The zero-order valence-electron chi connectivity index (χ0n) is 17.2. The maximum Gasteiger partial charge on any atom is 0.337 e. The normalized spacial score (nSPS) is 15.1. The Morgan fingerprint density at radius 1 is 1.10 bits per heavy atom. The van der Waals surface area contributed by atoms with Crippen LogP contribution >= 0.6 is 11.3 Å². The molecule has 0 unspecified atom stereocenters. The van der Waals surface area contributed by atoms with E-state index in [1.165, 1.54) is 10.4 Å². The number of carbonyl (C=O) groups is 1. The summed E-state index contributed by atoms with van der Waals surface area (Å²) < 4.78 is 0. The molecule has 0 spiro atoms. The molecule has 4 heteroatoms. The van der Waals surface area contributed by atoms with Gasteiger partial charge in [0.05, 0.1) is 5.56 Å². The predicted molar refractivity (Wildman–Crippen MR) is 121 cm³/mol. The highest BCUT2D eigenvalue weighted by Gasteiger charge is 2.33. The van der Waals surface area contributed by atoms with E-state index in [0.29, 0.717) is 5.56 Å². The molecule has 0 saturated carbocycles. The summed E-state index contributed by atoms with van der Waals surface area (Å²) >= 11 is 1.67. The van der Waals surface area contributed by atoms with Gasteiger partial charge in [-0.1, -0.05) is 62.4 Å². The van der Waals surface area contributed by atoms with Gasteiger partial charge in [0.25, 0.3) is 0 Å². The fourth-order valence-electron chi connectivity index (χ4n) is 4.28. The predicted octanol–water partition coefficient (Wildman–Crippen LogP) is 6.01. The number of aromatic carboxylic acids is 1. The van der Waals surface area contributed by atoms with Crippen molar-refractivity contribution in [2.24, 2.45) is 5.41 Å². The lowest BCUT2D eigenvalue weighted by Crippen LogP contribution is -2.22. The highest BCUT2D eigenvalue weighted by Crippen LogP contribution is 2.47. The van der Waals surface area contributed by atoms with Gasteiger partial charge in [0.2, 0.25) is 0 Å². The first kappa shape index (κ1) is 19.9. The highest BCUT2D eigenvalue weighted by molar-refractivity contribution is 7.16. The molecule has 0 fully saturated rings. The van der Waals surface area contributed by atoms with Crippen molar-refractivity contribution in [2.45, 2.75) is 39.7 Å². The van der Waals surface area contributed by atoms with Gasteiger partial charge in [0, 0.05) is 21.9 Å². The van der Waals surface area contributed by atoms with Crippen molar-refractivity contribution < 1.29 is 9.90 Å². The molecule has 0 atom stereocenters. The number of benzene rings is 2. The fraction of sp³-hybridized carbons (Fsp3) is 0.320. The van der Waals surface area contributed by atoms with Crippen molar-refractivity contribution in [3.8, 4) is 21.6 Å². The molecule has 3 nitrogen and oxygen atoms in total. The molecule has 2 aromatic carbocycles. The van der Waals surface area contributed by atoms with E-state index in [4.69, 9.17) is 0 Å². The lowest BCUT2D eigenvalue weighted by molar-refractivity contribution is 0.0696. The number of hydrogen-bond donors (Lipinski definition) is 2. The third-order valence-corrected chi connectivity index (χ3v) is 7.13. The first-order valence-corrected chi connectivity index (χ1v) is 10.9. The quantitative estimate of drug-likeness (QED) is 0.546. The second-order valence-corrected chi connectivity index (χ2v) is 9.73. The monoisotopic (exact) mass is 405 g/mol. The number of carboxylic acids is 1. The minimum absolute atomic E-state index is 0.151. The first-order chi connectivity index (χ1) is 13.9. The van der Waals surface area contributed by atoms with Crippen molar-refractivity contribution in [2.75, 3.05) is 7.05 Å². The van der Waals surface area contributed by atoms with E-state index in [2.05, 4.69) is 55.6 Å². The molecule has 1 aliphatic rings. The summed E-state index contributed by atoms with van der Waals surface area (Å²) in [7, 11) is 1.94. The molecule has 29 heavy (non-hydrogen) atoms. The van der Waals surface area contributed by atoms with Crippen LogP contribution in [0.2, 0.25) is 0 Å². The van der Waals surface area contributed by atoms with Crippen molar-refractivity contribution in [3.63, 3.8) is 0 Å². The Kier molecular flexibility index (Phi) is 5.32. The number of nitrogens with one attached hydrogen (secondary N) is 1. The molecule has 0 radical (unpaired) electrons. The number of thiophene rings is 1. The van der Waals surface area contributed by atoms with E-state index in [1.54, 1.807) is 11.3 Å². The Labute approximate surface area is 176 Å². The number of hydrogen-bond acceptors (Lipinski definition) is 3. The Morgan fingerprint density at radius 2 is 1.79 bits per heavy atom. The van der Waals surface area contributed by atoms with Crippen LogP contribution in [-0.2, 0) is 19.4 Å². The Morgan fingerprint density at radius 3 is 2.45 bits per heavy atom. The van der Waals surface area contributed by atoms with E-state index in [0.717, 1.165) is 52.9 Å². The van der Waals surface area contributed by atoms with Gasteiger partial charge in [0.1, 0.15) is 0 Å². The maximum atomic E-state index is 12.3. The van der Waals surface area contributed by atoms with Crippen LogP contribution in [0.3, 0.4) is 0 Å². The molecular formula is C25H27NO2S. The molecule has 1 aliphatic carbocycles. The summed E-state index contributed by atoms with van der Waals surface area (Å²) in [5.74, 6) is -0.811. The van der Waals surface area contributed by atoms with Gasteiger partial charge in [0.15, 0.2) is 0 Å². The first-order valence-electron chi connectivity index (χ1n) is 10.1. The zero-order chi connectivity index (χ0) is 20.6. The minimum Gasteiger partial charge on any atom is -0.478 e. The third-order valence-electron chi connectivity index (χ3n) is 5.81. The molecule has 4 rings (SSSR count). The lowest BCUT2D eigenvalue weighted by Gasteiger charge is -2.29. The highest BCUT2D eigenvalue weighted by atomic mass is 32.1. The molecule has 0 saturated heterocycles. The summed E-state index contributed by atoms with van der Waals surface area (Å²) in [6, 6.07) is 16.7. The summed E-state index contributed by atoms with van der Waals surface area (Å²) in [4.78, 5) is 14.4. The van der Waals surface area contributed by atoms with Crippen molar-refractivity contribution in [1.82, 2.24) is 5.32 Å². The number of fused-ring (bicyclic) bond motifs is 1. The molecule has 1 heterocycles. The van der Waals surface area contributed by atoms with Crippen molar-refractivity contribution >= 4 is 17.3 Å². The Hall–Kier alpha value is -2.43. The number of aryl methyl sites for hydroxylation is 1. The van der Waals surface area contributed by atoms with Gasteiger partial charge in [-0.3, -0.25) is 0 Å². The Bertz CT molecular complexity index is 1050. The molecule has 0 amide bonds. The lowest BCUT2D eigenvalue weighted by atomic mass is 9.75. The van der Waals surface area contributed by atoms with E-state index < -0.39 is 5.97 Å². The van der Waals surface area contributed by atoms with Gasteiger partial charge in [-0.15, -0.1) is 11.3 Å². The molecule has 0 aliphatic heterocycles. The van der Waals surface area contributed by atoms with Gasteiger partial charge in [-0.2, -0.15) is 0 Å². The summed E-state index contributed by atoms with van der Waals surface area (Å²) in [6.45, 7) is 5.30. The second-order valence-electron chi connectivity index (χ2n) is 8.63. The van der Waals surface area contributed by atoms with Crippen LogP contribution in [0.5, 0.6) is 0 Å². The Balaban J connectivity index is 1.85. The summed E-state index contributed by atoms with van der Waals surface area (Å²) in [5, 5.41) is 13.3. The largest absolute Gasteiger partial charge is 0.478 e. The zero-order valence-corrected chi connectivity index (χ0v) is 18.0. The van der Waals surface area contributed by atoms with E-state index >= 15 is 0 Å². The van der Waals surface area contributed by atoms with Gasteiger partial charge < -0.3 is 10.4 Å². The van der Waals surface area contributed by atoms with Crippen molar-refractivity contribution in [3.05, 3.63) is 70.1 Å². The average Bonchev–Trinajstić information content (AvgIpc) is 3.06. The molecule has 3 aromatic rings. The third kappa shape index (κ3) is 3.87. The van der Waals surface area contributed by atoms with Crippen LogP contribution in [0.25, 0.3) is 21.6 Å². The number of carboxylic acid groups (broad SMARTS) is 1. The second kappa shape index (κ2) is 7.77. The molecular weight excluding hydrogens is 378 g/mol. The van der Waals surface area contributed by atoms with Crippen LogP contribution in [0.1, 0.15) is 46.6 Å². The van der Waals surface area contributed by atoms with Crippen LogP contribution in [-0.4, -0.2) is 18.1 Å². The van der Waals surface area contributed by atoms with E-state index in [1.807, 2.05) is 19.2 Å². The fourth-order valence-corrected chi connectivity index (χ4v) is 5.62. The molecule has 0 bridgehead atoms. The number of rotatable bonds is 5. The maximum absolute atomic E-state index is 12.3. The standard InChI is InChI=1S/C25H27NO2S/c1-25(2)13-12-21-20(14-25)22(24(27)28)23(29-21)19-7-5-4-6-18(19)17-10-8-16(9-11-17)15-26-3/h4-11,26H,12-15H2,1-3H3,(H,27,28). The van der Waals surface area contributed by atoms with E-state index in [-0.39, 0.29) is 5.41 Å². The van der Waals surface area contributed by atoms with Gasteiger partial charge in [-0.25, -0.2) is 4.79 Å². The summed E-state index contributed by atoms with van der Waals surface area (Å²) in [5.41, 5.74) is 6.16. The molecule has 150 valence electrons. The SMILES string of the molecule is CNCc1ccc(-c2ccccc2-c2sc3c(c2C(=O)O)CC(C)(C)CC3)cc1. The van der Waals surface area contributed by atoms with E-state index in [9.17, 15) is 9.90 Å². The van der Waals surface area contributed by atoms with Gasteiger partial charge >= 0.3 is 5.97 Å². The van der Waals surface area contributed by atoms with Crippen LogP contribution < -0.4 is 5.32 Å². The van der Waals surface area contributed by atoms with Crippen LogP contribution in [0, 0.1) is 5.41 Å². The smallest absolute Gasteiger partial charge is 0.337 e. The topological polar surface area (TPSA) is 49.3 Å². The molecule has 2 N–H and O–H groups in total. The minimum atomic E-state index is -0.811. The average molecular weight is 406 g/mol. The molecule has 1 aromatic heterocycles. The van der Waals surface area contributed by atoms with Gasteiger partial charge in [-0.05, 0) is 54.0 Å². The van der Waals surface area contributed by atoms with Crippen molar-refractivity contribution in [1.29, 1.82) is 0 Å².